The Labute approximate surface area is 368 Å². The van der Waals surface area contributed by atoms with Crippen molar-refractivity contribution >= 4 is 15.8 Å². The Morgan fingerprint density at radius 1 is 1.02 bits per heavy atom. The van der Waals surface area contributed by atoms with Gasteiger partial charge in [0.05, 0.1) is 18.1 Å². The van der Waals surface area contributed by atoms with Crippen molar-refractivity contribution in [2.45, 2.75) is 137 Å². The molecule has 0 bridgehead atoms. The summed E-state index contributed by atoms with van der Waals surface area (Å²) in [5.74, 6) is 3.51. The largest absolute Gasteiger partial charge is 0.475 e. The molecule has 61 heavy (non-hydrogen) atoms. The molecule has 2 heterocycles. The summed E-state index contributed by atoms with van der Waals surface area (Å²) in [7, 11) is -2.88. The number of nitriles is 1. The number of carbonyl (C=O) groups is 1. The Bertz CT molecular complexity index is 2010. The van der Waals surface area contributed by atoms with E-state index in [1.165, 1.54) is 74.5 Å². The van der Waals surface area contributed by atoms with Crippen LogP contribution in [0.1, 0.15) is 138 Å². The standard InChI is InChI=1S/C51H76N4O5S/c1-9-59-46(56)50(35-60-45-39(34-52)12-11-27-53-45)22-18-38(19-23-50)42-14-10-13-40-15-16-43-44-41(36(2)3)20-24-51(44,54-28-29-55-30-32-61(57,58)33-31-55)26-25-49(43,8)48(40,7)21-17-37(4)47(42,5)6/h11-12,14,18,27,37,40-41,43-44,54H,2,9-10,13,15-17,19-26,28-33,35H2,1,3-8H3/b42-14-/t37?,40?,41-,43+,44?,48+,49+,50?,51-/m0/s1. The van der Waals surface area contributed by atoms with E-state index in [4.69, 9.17) is 9.47 Å². The van der Waals surface area contributed by atoms with Crippen LogP contribution in [0.25, 0.3) is 0 Å². The highest BCUT2D eigenvalue weighted by molar-refractivity contribution is 7.91. The Morgan fingerprint density at radius 3 is 2.48 bits per heavy atom. The van der Waals surface area contributed by atoms with Gasteiger partial charge in [-0.15, -0.1) is 0 Å². The SMILES string of the molecule is C=C(C)[C@@H]1CC[C@]2(NCCN3CCS(=O)(=O)CC3)CC[C@]3(C)[C@H](CCC4CC/C=C(/C5=CCC(COc6ncccc6C#N)(C(=O)OCC)CC5)C(C)(C)C(C)CC[C@]43C)C12. The van der Waals surface area contributed by atoms with Gasteiger partial charge in [0.1, 0.15) is 23.7 Å². The minimum Gasteiger partial charge on any atom is -0.475 e. The molecule has 336 valence electrons. The fourth-order valence-corrected chi connectivity index (χ4v) is 15.0. The lowest BCUT2D eigenvalue weighted by molar-refractivity contribution is -0.159. The van der Waals surface area contributed by atoms with E-state index >= 15 is 0 Å². The number of ether oxygens (including phenoxy) is 2. The minimum atomic E-state index is -2.88. The number of aromatic nitrogens is 1. The highest BCUT2D eigenvalue weighted by Crippen LogP contribution is 2.71. The third kappa shape index (κ3) is 8.67. The Kier molecular flexibility index (Phi) is 13.5. The molecule has 0 radical (unpaired) electrons. The molecule has 0 spiro atoms. The molecule has 0 aromatic carbocycles. The van der Waals surface area contributed by atoms with Crippen LogP contribution in [0.5, 0.6) is 5.88 Å². The molecular formula is C51H76N4O5S. The molecule has 9 nitrogen and oxygen atoms in total. The molecule has 5 aliphatic carbocycles. The maximum Gasteiger partial charge on any atom is 0.315 e. The molecule has 1 saturated heterocycles. The van der Waals surface area contributed by atoms with Crippen LogP contribution in [0.2, 0.25) is 0 Å². The van der Waals surface area contributed by atoms with E-state index in [2.05, 4.69) is 81.5 Å². The monoisotopic (exact) mass is 857 g/mol. The fraction of sp³-hybridized carbons (Fsp3) is 0.745. The van der Waals surface area contributed by atoms with Crippen LogP contribution >= 0.6 is 0 Å². The van der Waals surface area contributed by atoms with Crippen LogP contribution < -0.4 is 10.1 Å². The molecular weight excluding hydrogens is 781 g/mol. The second-order valence-corrected chi connectivity index (χ2v) is 23.7. The van der Waals surface area contributed by atoms with E-state index in [9.17, 15) is 18.5 Å². The van der Waals surface area contributed by atoms with Gasteiger partial charge in [0, 0.05) is 37.9 Å². The van der Waals surface area contributed by atoms with Crippen molar-refractivity contribution in [3.05, 3.63) is 59.3 Å². The lowest BCUT2D eigenvalue weighted by Crippen LogP contribution is -2.65. The quantitative estimate of drug-likeness (QED) is 0.171. The van der Waals surface area contributed by atoms with E-state index in [1.54, 1.807) is 18.3 Å². The van der Waals surface area contributed by atoms with Crippen molar-refractivity contribution in [2.24, 2.45) is 51.2 Å². The number of hydrogen-bond acceptors (Lipinski definition) is 9. The van der Waals surface area contributed by atoms with Gasteiger partial charge in [-0.2, -0.15) is 5.26 Å². The van der Waals surface area contributed by atoms with Crippen LogP contribution in [-0.4, -0.2) is 80.7 Å². The van der Waals surface area contributed by atoms with Gasteiger partial charge in [-0.3, -0.25) is 4.79 Å². The van der Waals surface area contributed by atoms with Gasteiger partial charge >= 0.3 is 5.97 Å². The van der Waals surface area contributed by atoms with Crippen LogP contribution in [-0.2, 0) is 19.4 Å². The number of carbonyl (C=O) groups excluding carboxylic acids is 1. The zero-order valence-electron chi connectivity index (χ0n) is 38.6. The molecule has 3 saturated carbocycles. The third-order valence-corrected chi connectivity index (χ3v) is 19.9. The number of sulfone groups is 1. The summed E-state index contributed by atoms with van der Waals surface area (Å²) in [5.41, 5.74) is 4.27. The molecule has 0 amide bonds. The van der Waals surface area contributed by atoms with Gasteiger partial charge in [-0.1, -0.05) is 58.9 Å². The normalized spacial score (nSPS) is 38.2. The Balaban J connectivity index is 1.10. The Morgan fingerprint density at radius 2 is 1.79 bits per heavy atom. The van der Waals surface area contributed by atoms with Crippen LogP contribution in [0.15, 0.2) is 53.8 Å². The second-order valence-electron chi connectivity index (χ2n) is 21.4. The molecule has 1 aromatic heterocycles. The summed E-state index contributed by atoms with van der Waals surface area (Å²) in [6.07, 6.45) is 20.6. The predicted octanol–water partition coefficient (Wildman–Crippen LogP) is 9.65. The van der Waals surface area contributed by atoms with Crippen molar-refractivity contribution < 1.29 is 22.7 Å². The van der Waals surface area contributed by atoms with Crippen molar-refractivity contribution in [2.75, 3.05) is 50.9 Å². The van der Waals surface area contributed by atoms with Crippen molar-refractivity contribution in [3.8, 4) is 11.9 Å². The first-order chi connectivity index (χ1) is 28.9. The van der Waals surface area contributed by atoms with E-state index in [0.717, 1.165) is 25.9 Å². The number of fused-ring (bicyclic) bond motifs is 5. The van der Waals surface area contributed by atoms with Gasteiger partial charge in [-0.25, -0.2) is 13.4 Å². The summed E-state index contributed by atoms with van der Waals surface area (Å²) in [5, 5.41) is 13.9. The number of nitrogens with zero attached hydrogens (tertiary/aromatic N) is 3. The number of rotatable bonds is 11. The zero-order chi connectivity index (χ0) is 43.8. The summed E-state index contributed by atoms with van der Waals surface area (Å²) >= 11 is 0. The number of esters is 1. The summed E-state index contributed by atoms with van der Waals surface area (Å²) in [4.78, 5) is 20.3. The molecule has 7 rings (SSSR count). The first kappa shape index (κ1) is 46.0. The van der Waals surface area contributed by atoms with Crippen LogP contribution in [0, 0.1) is 62.6 Å². The van der Waals surface area contributed by atoms with Crippen molar-refractivity contribution in [1.29, 1.82) is 5.26 Å². The first-order valence-corrected chi connectivity index (χ1v) is 25.6. The van der Waals surface area contributed by atoms with Crippen LogP contribution in [0.3, 0.4) is 0 Å². The number of pyridine rings is 1. The molecule has 6 aliphatic rings. The van der Waals surface area contributed by atoms with Gasteiger partial charge in [-0.05, 0) is 166 Å². The van der Waals surface area contributed by atoms with Gasteiger partial charge in [0.2, 0.25) is 5.88 Å². The number of allylic oxidation sites excluding steroid dienone is 5. The van der Waals surface area contributed by atoms with Crippen LogP contribution in [0.4, 0.5) is 0 Å². The van der Waals surface area contributed by atoms with Crippen molar-refractivity contribution in [1.82, 2.24) is 15.2 Å². The molecule has 1 aromatic rings. The number of hydrogen-bond donors (Lipinski definition) is 1. The summed E-state index contributed by atoms with van der Waals surface area (Å²) < 4.78 is 36.0. The van der Waals surface area contributed by atoms with E-state index < -0.39 is 15.3 Å². The highest BCUT2D eigenvalue weighted by atomic mass is 32.2. The van der Waals surface area contributed by atoms with Gasteiger partial charge in [0.15, 0.2) is 9.84 Å². The lowest BCUT2D eigenvalue weighted by atomic mass is 9.39. The highest BCUT2D eigenvalue weighted by Gasteiger charge is 2.65. The smallest absolute Gasteiger partial charge is 0.315 e. The molecule has 1 aliphatic heterocycles. The van der Waals surface area contributed by atoms with Gasteiger partial charge in [0.25, 0.3) is 0 Å². The third-order valence-electron chi connectivity index (χ3n) is 18.3. The van der Waals surface area contributed by atoms with E-state index in [1.807, 2.05) is 6.92 Å². The summed E-state index contributed by atoms with van der Waals surface area (Å²) in [6, 6.07) is 5.57. The van der Waals surface area contributed by atoms with Gasteiger partial charge < -0.3 is 19.7 Å². The minimum absolute atomic E-state index is 0.0409. The topological polar surface area (TPSA) is 122 Å². The first-order valence-electron chi connectivity index (χ1n) is 23.8. The molecule has 9 atom stereocenters. The predicted molar refractivity (Wildman–Crippen MR) is 243 cm³/mol. The summed E-state index contributed by atoms with van der Waals surface area (Å²) in [6.45, 7) is 25.1. The fourth-order valence-electron chi connectivity index (χ4n) is 13.8. The molecule has 4 fully saturated rings. The lowest BCUT2D eigenvalue weighted by Gasteiger charge is -2.66. The Hall–Kier alpha value is -3.00. The zero-order valence-corrected chi connectivity index (χ0v) is 39.4. The average Bonchev–Trinajstić information content (AvgIpc) is 3.62. The molecule has 1 N–H and O–H groups in total. The maximum absolute atomic E-state index is 13.6. The maximum atomic E-state index is 13.6. The van der Waals surface area contributed by atoms with E-state index in [-0.39, 0.29) is 51.7 Å². The molecule has 10 heteroatoms. The van der Waals surface area contributed by atoms with Crippen molar-refractivity contribution in [3.63, 3.8) is 0 Å². The van der Waals surface area contributed by atoms with E-state index in [0.29, 0.717) is 67.7 Å². The second kappa shape index (κ2) is 17.9. The average molecular weight is 857 g/mol. The number of nitrogens with one attached hydrogen (secondary N) is 1. The molecule has 4 unspecified atom stereocenters.